The zero-order valence-electron chi connectivity index (χ0n) is 7.02. The Kier molecular flexibility index (Phi) is 1.46. The molecule has 1 saturated carbocycles. The number of fused-ring (bicyclic) bond motifs is 2. The zero-order valence-corrected chi connectivity index (χ0v) is 7.02. The van der Waals surface area contributed by atoms with E-state index in [1.165, 1.54) is 7.11 Å². The van der Waals surface area contributed by atoms with Crippen LogP contribution in [-0.4, -0.2) is 31.8 Å². The van der Waals surface area contributed by atoms with Gasteiger partial charge in [-0.05, 0) is 0 Å². The van der Waals surface area contributed by atoms with Crippen LogP contribution in [0.3, 0.4) is 0 Å². The summed E-state index contributed by atoms with van der Waals surface area (Å²) in [4.78, 5) is 11.2. The molecule has 12 heavy (non-hydrogen) atoms. The number of halogens is 1. The number of esters is 1. The van der Waals surface area contributed by atoms with Crippen LogP contribution in [0.1, 0.15) is 12.8 Å². The molecule has 2 bridgehead atoms. The number of ether oxygens (including phenoxy) is 1. The summed E-state index contributed by atoms with van der Waals surface area (Å²) in [6.45, 7) is 0.942. The minimum absolute atomic E-state index is 0.275. The van der Waals surface area contributed by atoms with E-state index in [0.29, 0.717) is 25.9 Å². The summed E-state index contributed by atoms with van der Waals surface area (Å²) in [6.07, 6.45) is 0.666. The first-order valence-electron chi connectivity index (χ1n) is 4.08. The largest absolute Gasteiger partial charge is 0.469 e. The van der Waals surface area contributed by atoms with E-state index in [9.17, 15) is 9.18 Å². The SMILES string of the molecule is COC(=O)C12CNCC(F)(C1)C2. The van der Waals surface area contributed by atoms with Gasteiger partial charge >= 0.3 is 5.97 Å². The van der Waals surface area contributed by atoms with E-state index < -0.39 is 11.1 Å². The van der Waals surface area contributed by atoms with Crippen molar-refractivity contribution in [2.24, 2.45) is 5.41 Å². The lowest BCUT2D eigenvalue weighted by atomic mass is 9.57. The molecular weight excluding hydrogens is 161 g/mol. The van der Waals surface area contributed by atoms with Gasteiger partial charge in [-0.2, -0.15) is 0 Å². The van der Waals surface area contributed by atoms with Crippen LogP contribution in [0.4, 0.5) is 4.39 Å². The Morgan fingerprint density at radius 1 is 1.50 bits per heavy atom. The first-order valence-corrected chi connectivity index (χ1v) is 4.08. The van der Waals surface area contributed by atoms with Crippen LogP contribution in [0.15, 0.2) is 0 Å². The van der Waals surface area contributed by atoms with Gasteiger partial charge in [-0.25, -0.2) is 4.39 Å². The highest BCUT2D eigenvalue weighted by Gasteiger charge is 2.62. The molecule has 2 aliphatic heterocycles. The molecule has 1 N–H and O–H groups in total. The summed E-state index contributed by atoms with van der Waals surface area (Å²) >= 11 is 0. The number of carbonyl (C=O) groups excluding carboxylic acids is 1. The van der Waals surface area contributed by atoms with Crippen molar-refractivity contribution in [1.82, 2.24) is 5.32 Å². The molecule has 0 radical (unpaired) electrons. The van der Waals surface area contributed by atoms with Crippen molar-refractivity contribution >= 4 is 5.97 Å². The Bertz CT molecular complexity index is 223. The third-order valence-electron chi connectivity index (χ3n) is 2.83. The molecule has 2 saturated heterocycles. The highest BCUT2D eigenvalue weighted by molar-refractivity contribution is 5.79. The van der Waals surface area contributed by atoms with E-state index in [0.717, 1.165) is 0 Å². The Hall–Kier alpha value is -0.640. The fourth-order valence-electron chi connectivity index (χ4n) is 2.37. The predicted octanol–water partition coefficient (Wildman–Crippen LogP) is 0.251. The van der Waals surface area contributed by atoms with Gasteiger partial charge in [0.15, 0.2) is 0 Å². The fraction of sp³-hybridized carbons (Fsp3) is 0.875. The lowest BCUT2D eigenvalue weighted by Gasteiger charge is -2.54. The standard InChI is InChI=1S/C8H12FNO2/c1-12-6(11)7-2-8(9,3-7)5-10-4-7/h10H,2-5H2,1H3. The van der Waals surface area contributed by atoms with E-state index in [1.54, 1.807) is 0 Å². The molecule has 3 fully saturated rings. The molecule has 0 aromatic heterocycles. The molecule has 4 heteroatoms. The number of rotatable bonds is 1. The molecule has 0 unspecified atom stereocenters. The maximum atomic E-state index is 13.4. The van der Waals surface area contributed by atoms with Gasteiger partial charge in [-0.15, -0.1) is 0 Å². The summed E-state index contributed by atoms with van der Waals surface area (Å²) in [6, 6.07) is 0. The van der Waals surface area contributed by atoms with E-state index in [1.807, 2.05) is 0 Å². The summed E-state index contributed by atoms with van der Waals surface area (Å²) in [5.41, 5.74) is -1.70. The Labute approximate surface area is 70.3 Å². The number of carbonyl (C=O) groups is 1. The average molecular weight is 173 g/mol. The van der Waals surface area contributed by atoms with Gasteiger partial charge in [0.25, 0.3) is 0 Å². The van der Waals surface area contributed by atoms with E-state index in [4.69, 9.17) is 0 Å². The van der Waals surface area contributed by atoms with Crippen molar-refractivity contribution in [3.8, 4) is 0 Å². The molecule has 3 aliphatic rings. The second-order valence-corrected chi connectivity index (χ2v) is 3.88. The first-order chi connectivity index (χ1) is 5.60. The van der Waals surface area contributed by atoms with Crippen molar-refractivity contribution in [2.45, 2.75) is 18.5 Å². The van der Waals surface area contributed by atoms with Crippen molar-refractivity contribution in [2.75, 3.05) is 20.2 Å². The van der Waals surface area contributed by atoms with Gasteiger partial charge in [-0.3, -0.25) is 4.79 Å². The Morgan fingerprint density at radius 3 is 2.67 bits per heavy atom. The number of hydrogen-bond donors (Lipinski definition) is 1. The van der Waals surface area contributed by atoms with Crippen LogP contribution >= 0.6 is 0 Å². The van der Waals surface area contributed by atoms with E-state index >= 15 is 0 Å². The minimum atomic E-state index is -1.15. The van der Waals surface area contributed by atoms with Crippen LogP contribution < -0.4 is 5.32 Å². The first kappa shape index (κ1) is 7.98. The van der Waals surface area contributed by atoms with Gasteiger partial charge < -0.3 is 10.1 Å². The quantitative estimate of drug-likeness (QED) is 0.578. The van der Waals surface area contributed by atoms with Gasteiger partial charge in [-0.1, -0.05) is 0 Å². The molecular formula is C8H12FNO2. The third kappa shape index (κ3) is 0.874. The van der Waals surface area contributed by atoms with E-state index in [2.05, 4.69) is 10.1 Å². The minimum Gasteiger partial charge on any atom is -0.469 e. The summed E-state index contributed by atoms with van der Waals surface area (Å²) < 4.78 is 18.0. The molecule has 0 aromatic carbocycles. The Balaban J connectivity index is 2.11. The van der Waals surface area contributed by atoms with Gasteiger partial charge in [0.1, 0.15) is 5.67 Å². The summed E-state index contributed by atoms with van der Waals surface area (Å²) in [5, 5.41) is 2.90. The second kappa shape index (κ2) is 2.19. The third-order valence-corrected chi connectivity index (χ3v) is 2.83. The van der Waals surface area contributed by atoms with Crippen LogP contribution in [0.25, 0.3) is 0 Å². The molecule has 68 valence electrons. The van der Waals surface area contributed by atoms with Crippen molar-refractivity contribution in [3.05, 3.63) is 0 Å². The molecule has 0 amide bonds. The highest BCUT2D eigenvalue weighted by atomic mass is 19.1. The molecule has 3 nitrogen and oxygen atoms in total. The van der Waals surface area contributed by atoms with Crippen molar-refractivity contribution in [3.63, 3.8) is 0 Å². The highest BCUT2D eigenvalue weighted by Crippen LogP contribution is 2.53. The van der Waals surface area contributed by atoms with Crippen LogP contribution in [0.5, 0.6) is 0 Å². The summed E-state index contributed by atoms with van der Waals surface area (Å²) in [5.74, 6) is -0.275. The topological polar surface area (TPSA) is 38.3 Å². The number of methoxy groups -OCH3 is 1. The Morgan fingerprint density at radius 2 is 2.17 bits per heavy atom. The van der Waals surface area contributed by atoms with Crippen LogP contribution in [0, 0.1) is 5.41 Å². The molecule has 2 heterocycles. The number of piperidine rings is 2. The predicted molar refractivity (Wildman–Crippen MR) is 40.4 cm³/mol. The van der Waals surface area contributed by atoms with Crippen molar-refractivity contribution < 1.29 is 13.9 Å². The average Bonchev–Trinajstić information content (AvgIpc) is 2.01. The van der Waals surface area contributed by atoms with Crippen molar-refractivity contribution in [1.29, 1.82) is 0 Å². The molecule has 3 rings (SSSR count). The number of nitrogens with one attached hydrogen (secondary N) is 1. The molecule has 0 spiro atoms. The maximum Gasteiger partial charge on any atom is 0.313 e. The van der Waals surface area contributed by atoms with Crippen LogP contribution in [-0.2, 0) is 9.53 Å². The lowest BCUT2D eigenvalue weighted by molar-refractivity contribution is -0.178. The normalized spacial score (nSPS) is 44.8. The van der Waals surface area contributed by atoms with Gasteiger partial charge in [0.2, 0.25) is 0 Å². The van der Waals surface area contributed by atoms with E-state index in [-0.39, 0.29) is 5.97 Å². The zero-order chi connectivity index (χ0) is 8.82. The number of hydrogen-bond acceptors (Lipinski definition) is 3. The smallest absolute Gasteiger partial charge is 0.313 e. The lowest BCUT2D eigenvalue weighted by Crippen LogP contribution is -2.67. The maximum absolute atomic E-state index is 13.4. The second-order valence-electron chi connectivity index (χ2n) is 3.88. The number of alkyl halides is 1. The monoisotopic (exact) mass is 173 g/mol. The van der Waals surface area contributed by atoms with Gasteiger partial charge in [0.05, 0.1) is 12.5 Å². The summed E-state index contributed by atoms with van der Waals surface area (Å²) in [7, 11) is 1.35. The molecule has 0 atom stereocenters. The molecule has 1 aliphatic carbocycles. The van der Waals surface area contributed by atoms with Gasteiger partial charge in [0, 0.05) is 25.9 Å². The molecule has 0 aromatic rings. The van der Waals surface area contributed by atoms with Crippen LogP contribution in [0.2, 0.25) is 0 Å². The fourth-order valence-corrected chi connectivity index (χ4v) is 2.37.